The lowest BCUT2D eigenvalue weighted by Gasteiger charge is -2.14. The van der Waals surface area contributed by atoms with E-state index in [-0.39, 0.29) is 18.0 Å². The largest absolute Gasteiger partial charge is 0.333 e. The summed E-state index contributed by atoms with van der Waals surface area (Å²) in [6.45, 7) is 1.23. The Bertz CT molecular complexity index is 1040. The van der Waals surface area contributed by atoms with E-state index < -0.39 is 11.5 Å². The molecule has 1 amide bonds. The molecule has 6 nitrogen and oxygen atoms in total. The molecule has 0 saturated carbocycles. The highest BCUT2D eigenvalue weighted by Crippen LogP contribution is 2.11. The van der Waals surface area contributed by atoms with Gasteiger partial charge in [0, 0.05) is 19.8 Å². The van der Waals surface area contributed by atoms with Crippen molar-refractivity contribution in [3.05, 3.63) is 100.0 Å². The van der Waals surface area contributed by atoms with Crippen LogP contribution in [0.2, 0.25) is 0 Å². The molecule has 29 heavy (non-hydrogen) atoms. The second-order valence-electron chi connectivity index (χ2n) is 6.62. The molecule has 0 fully saturated rings. The third kappa shape index (κ3) is 5.65. The van der Waals surface area contributed by atoms with Gasteiger partial charge in [0.05, 0.1) is 5.69 Å². The number of carbonyl (C=O) groups excluding carboxylic acids is 2. The zero-order valence-corrected chi connectivity index (χ0v) is 16.1. The number of aromatic nitrogens is 1. The van der Waals surface area contributed by atoms with Crippen LogP contribution in [0.3, 0.4) is 0 Å². The van der Waals surface area contributed by atoms with Crippen LogP contribution in [0.5, 0.6) is 0 Å². The number of hydrogen-bond donors (Lipinski definition) is 1. The zero-order chi connectivity index (χ0) is 20.6. The minimum Gasteiger partial charge on any atom is -0.333 e. The van der Waals surface area contributed by atoms with Crippen LogP contribution in [-0.2, 0) is 22.4 Å². The summed E-state index contributed by atoms with van der Waals surface area (Å²) in [5.41, 5.74) is 2.01. The van der Waals surface area contributed by atoms with Crippen LogP contribution < -0.4 is 15.7 Å². The molecular weight excluding hydrogens is 368 g/mol. The first-order valence-corrected chi connectivity index (χ1v) is 9.34. The summed E-state index contributed by atoms with van der Waals surface area (Å²) in [5.74, 6) is -0.898. The van der Waals surface area contributed by atoms with Crippen molar-refractivity contribution in [2.24, 2.45) is 0 Å². The summed E-state index contributed by atoms with van der Waals surface area (Å²) in [6, 6.07) is 22.4. The summed E-state index contributed by atoms with van der Waals surface area (Å²) in [5, 5.41) is 2.62. The Morgan fingerprint density at radius 2 is 1.52 bits per heavy atom. The smallest absolute Gasteiger partial charge is 0.330 e. The van der Waals surface area contributed by atoms with Crippen molar-refractivity contribution in [2.45, 2.75) is 26.2 Å². The van der Waals surface area contributed by atoms with Crippen LogP contribution >= 0.6 is 0 Å². The van der Waals surface area contributed by atoms with Gasteiger partial charge in [-0.15, -0.1) is 4.73 Å². The first-order valence-electron chi connectivity index (χ1n) is 9.34. The monoisotopic (exact) mass is 390 g/mol. The molecule has 3 rings (SSSR count). The molecule has 148 valence electrons. The Kier molecular flexibility index (Phi) is 6.58. The molecule has 2 aromatic carbocycles. The maximum absolute atomic E-state index is 12.8. The van der Waals surface area contributed by atoms with Gasteiger partial charge in [-0.25, -0.2) is 4.79 Å². The summed E-state index contributed by atoms with van der Waals surface area (Å²) in [7, 11) is 0. The molecule has 1 N–H and O–H groups in total. The summed E-state index contributed by atoms with van der Waals surface area (Å²) < 4.78 is 0.947. The van der Waals surface area contributed by atoms with Crippen molar-refractivity contribution in [2.75, 3.05) is 5.32 Å². The van der Waals surface area contributed by atoms with E-state index >= 15 is 0 Å². The number of aryl methyl sites for hydroxylation is 1. The van der Waals surface area contributed by atoms with Gasteiger partial charge in [-0.2, -0.15) is 0 Å². The van der Waals surface area contributed by atoms with Crippen molar-refractivity contribution >= 4 is 17.6 Å². The number of amides is 1. The standard InChI is InChI=1S/C23H22N2O4/c1-17(26)29-25-20(16-19-10-6-3-7-11-19)13-14-21(23(25)28)24-22(27)15-12-18-8-4-2-5-9-18/h2-11,13-14H,12,15-16H2,1H3,(H,24,27). The molecule has 0 aliphatic carbocycles. The summed E-state index contributed by atoms with van der Waals surface area (Å²) in [6.07, 6.45) is 1.21. The fourth-order valence-corrected chi connectivity index (χ4v) is 2.93. The lowest BCUT2D eigenvalue weighted by Crippen LogP contribution is -2.34. The third-order valence-corrected chi connectivity index (χ3v) is 4.32. The van der Waals surface area contributed by atoms with E-state index in [1.807, 2.05) is 60.7 Å². The molecule has 0 atom stereocenters. The lowest BCUT2D eigenvalue weighted by molar-refractivity contribution is -0.142. The Labute approximate surface area is 168 Å². The Balaban J connectivity index is 1.77. The molecule has 0 saturated heterocycles. The predicted molar refractivity (Wildman–Crippen MR) is 111 cm³/mol. The van der Waals surface area contributed by atoms with Crippen molar-refractivity contribution in [1.82, 2.24) is 4.73 Å². The second-order valence-corrected chi connectivity index (χ2v) is 6.62. The van der Waals surface area contributed by atoms with E-state index in [1.165, 1.54) is 6.92 Å². The molecule has 0 aliphatic heterocycles. The molecule has 0 spiro atoms. The normalized spacial score (nSPS) is 10.4. The highest BCUT2D eigenvalue weighted by Gasteiger charge is 2.14. The topological polar surface area (TPSA) is 77.4 Å². The van der Waals surface area contributed by atoms with Crippen LogP contribution in [0.1, 0.15) is 30.2 Å². The lowest BCUT2D eigenvalue weighted by atomic mass is 10.1. The predicted octanol–water partition coefficient (Wildman–Crippen LogP) is 2.99. The number of nitrogens with one attached hydrogen (secondary N) is 1. The average Bonchev–Trinajstić information content (AvgIpc) is 2.72. The fraction of sp³-hybridized carbons (Fsp3) is 0.174. The molecule has 0 unspecified atom stereocenters. The van der Waals surface area contributed by atoms with Crippen molar-refractivity contribution in [1.29, 1.82) is 0 Å². The molecule has 0 radical (unpaired) electrons. The van der Waals surface area contributed by atoms with Gasteiger partial charge >= 0.3 is 11.5 Å². The van der Waals surface area contributed by atoms with Gasteiger partial charge in [0.25, 0.3) is 0 Å². The van der Waals surface area contributed by atoms with E-state index in [9.17, 15) is 14.4 Å². The zero-order valence-electron chi connectivity index (χ0n) is 16.1. The highest BCUT2D eigenvalue weighted by molar-refractivity contribution is 5.90. The number of carbonyl (C=O) groups is 2. The number of benzene rings is 2. The second kappa shape index (κ2) is 9.50. The summed E-state index contributed by atoms with van der Waals surface area (Å²) >= 11 is 0. The highest BCUT2D eigenvalue weighted by atomic mass is 16.7. The van der Waals surface area contributed by atoms with Gasteiger partial charge in [0.1, 0.15) is 5.69 Å². The molecule has 0 aliphatic rings. The Hall–Kier alpha value is -3.67. The SMILES string of the molecule is CC(=O)On1c(Cc2ccccc2)ccc(NC(=O)CCc2ccccc2)c1=O. The minimum absolute atomic E-state index is 0.0705. The van der Waals surface area contributed by atoms with Crippen molar-refractivity contribution in [3.63, 3.8) is 0 Å². The number of rotatable bonds is 7. The van der Waals surface area contributed by atoms with E-state index in [2.05, 4.69) is 5.32 Å². The van der Waals surface area contributed by atoms with Gasteiger partial charge < -0.3 is 10.2 Å². The number of pyridine rings is 1. The van der Waals surface area contributed by atoms with E-state index in [0.717, 1.165) is 15.9 Å². The van der Waals surface area contributed by atoms with Crippen LogP contribution in [-0.4, -0.2) is 16.6 Å². The molecule has 1 heterocycles. The van der Waals surface area contributed by atoms with Crippen LogP contribution in [0, 0.1) is 0 Å². The van der Waals surface area contributed by atoms with Gasteiger partial charge in [-0.1, -0.05) is 60.7 Å². The maximum atomic E-state index is 12.8. The van der Waals surface area contributed by atoms with Gasteiger partial charge in [-0.05, 0) is 29.7 Å². The molecule has 6 heteroatoms. The Morgan fingerprint density at radius 1 is 0.897 bits per heavy atom. The van der Waals surface area contributed by atoms with Crippen LogP contribution in [0.15, 0.2) is 77.6 Å². The molecule has 3 aromatic rings. The first kappa shape index (κ1) is 20.1. The van der Waals surface area contributed by atoms with Crippen molar-refractivity contribution in [3.8, 4) is 0 Å². The number of hydrogen-bond acceptors (Lipinski definition) is 4. The molecular formula is C23H22N2O4. The van der Waals surface area contributed by atoms with Crippen LogP contribution in [0.4, 0.5) is 5.69 Å². The van der Waals surface area contributed by atoms with Crippen molar-refractivity contribution < 1.29 is 14.4 Å². The average molecular weight is 390 g/mol. The quantitative estimate of drug-likeness (QED) is 0.673. The van der Waals surface area contributed by atoms with Crippen LogP contribution in [0.25, 0.3) is 0 Å². The summed E-state index contributed by atoms with van der Waals surface area (Å²) in [4.78, 5) is 41.7. The van der Waals surface area contributed by atoms with Gasteiger partial charge in [-0.3, -0.25) is 9.59 Å². The van der Waals surface area contributed by atoms with Gasteiger partial charge in [0.15, 0.2) is 0 Å². The maximum Gasteiger partial charge on any atom is 0.330 e. The van der Waals surface area contributed by atoms with E-state index in [1.54, 1.807) is 12.1 Å². The Morgan fingerprint density at radius 3 is 2.14 bits per heavy atom. The third-order valence-electron chi connectivity index (χ3n) is 4.32. The minimum atomic E-state index is -0.617. The molecule has 1 aromatic heterocycles. The number of nitrogens with zero attached hydrogens (tertiary/aromatic N) is 1. The van der Waals surface area contributed by atoms with Gasteiger partial charge in [0.2, 0.25) is 5.91 Å². The van der Waals surface area contributed by atoms with E-state index in [4.69, 9.17) is 4.84 Å². The first-order chi connectivity index (χ1) is 14.0. The molecule has 0 bridgehead atoms. The van der Waals surface area contributed by atoms with E-state index in [0.29, 0.717) is 18.5 Å². The fourth-order valence-electron chi connectivity index (χ4n) is 2.93. The number of anilines is 1.